The molecule has 4 heteroatoms. The first-order chi connectivity index (χ1) is 19.8. The van der Waals surface area contributed by atoms with Gasteiger partial charge < -0.3 is 9.52 Å². The van der Waals surface area contributed by atoms with Crippen LogP contribution in [0.3, 0.4) is 0 Å². The Morgan fingerprint density at radius 1 is 0.732 bits per heavy atom. The minimum absolute atomic E-state index is 0.0414. The summed E-state index contributed by atoms with van der Waals surface area (Å²) in [6, 6.07) is 36.5. The Hall–Kier alpha value is -4.96. The Labute approximate surface area is 240 Å². The van der Waals surface area contributed by atoms with Crippen LogP contribution in [0, 0.1) is 6.92 Å². The predicted molar refractivity (Wildman–Crippen MR) is 169 cm³/mol. The molecule has 202 valence electrons. The van der Waals surface area contributed by atoms with E-state index in [1.165, 1.54) is 5.56 Å². The molecule has 41 heavy (non-hydrogen) atoms. The number of hydrogen-bond acceptors (Lipinski definition) is 4. The van der Waals surface area contributed by atoms with E-state index in [0.29, 0.717) is 22.7 Å². The maximum atomic E-state index is 10.5. The number of aromatic nitrogens is 1. The van der Waals surface area contributed by atoms with E-state index in [9.17, 15) is 5.11 Å². The molecule has 0 fully saturated rings. The van der Waals surface area contributed by atoms with Crippen molar-refractivity contribution in [3.63, 3.8) is 0 Å². The molecule has 1 N–H and O–H groups in total. The number of hydrogen-bond donors (Lipinski definition) is 1. The fourth-order valence-electron chi connectivity index (χ4n) is 4.93. The summed E-state index contributed by atoms with van der Waals surface area (Å²) >= 11 is 0. The molecule has 0 saturated carbocycles. The second-order valence-electron chi connectivity index (χ2n) is 11.4. The summed E-state index contributed by atoms with van der Waals surface area (Å²) < 4.78 is 6.45. The molecule has 1 heterocycles. The Bertz CT molecular complexity index is 1880. The lowest BCUT2D eigenvalue weighted by Gasteiger charge is -2.19. The van der Waals surface area contributed by atoms with Gasteiger partial charge in [0.1, 0.15) is 11.3 Å². The Morgan fingerprint density at radius 3 is 2.22 bits per heavy atom. The molecule has 0 atom stereocenters. The van der Waals surface area contributed by atoms with Crippen molar-refractivity contribution in [2.45, 2.75) is 33.1 Å². The predicted octanol–water partition coefficient (Wildman–Crippen LogP) is 9.89. The molecule has 6 aromatic rings. The van der Waals surface area contributed by atoms with Crippen molar-refractivity contribution in [3.8, 4) is 39.5 Å². The number of aromatic hydroxyl groups is 1. The van der Waals surface area contributed by atoms with Crippen molar-refractivity contribution >= 4 is 23.0 Å². The van der Waals surface area contributed by atoms with Crippen LogP contribution in [0.25, 0.3) is 44.8 Å². The van der Waals surface area contributed by atoms with Gasteiger partial charge in [-0.25, -0.2) is 4.98 Å². The highest BCUT2D eigenvalue weighted by Gasteiger charge is 2.18. The number of phenols is 1. The third kappa shape index (κ3) is 5.42. The minimum atomic E-state index is -0.0414. The standard InChI is InChI=1S/C37H32N2O2/c1-24-14-16-25(17-15-24)27-21-31(26-10-6-5-7-11-26)35-34(22-27)41-36(39-35)30-12-8-9-13-32(30)38-23-28-20-29(37(2,3)4)18-19-33(28)40/h5-23,40H,1-4H3. The van der Waals surface area contributed by atoms with E-state index in [0.717, 1.165) is 38.9 Å². The van der Waals surface area contributed by atoms with Crippen molar-refractivity contribution in [1.29, 1.82) is 0 Å². The number of para-hydroxylation sites is 1. The molecule has 0 saturated heterocycles. The number of oxazole rings is 1. The average Bonchev–Trinajstić information content (AvgIpc) is 3.41. The molecule has 0 radical (unpaired) electrons. The normalized spacial score (nSPS) is 11.9. The van der Waals surface area contributed by atoms with Crippen molar-refractivity contribution in [2.75, 3.05) is 0 Å². The van der Waals surface area contributed by atoms with Crippen LogP contribution in [0.4, 0.5) is 5.69 Å². The summed E-state index contributed by atoms with van der Waals surface area (Å²) in [6.07, 6.45) is 1.71. The molecule has 0 amide bonds. The number of fused-ring (bicyclic) bond motifs is 1. The maximum Gasteiger partial charge on any atom is 0.229 e. The van der Waals surface area contributed by atoms with Crippen LogP contribution in [0.15, 0.2) is 119 Å². The number of nitrogens with zero attached hydrogens (tertiary/aromatic N) is 2. The van der Waals surface area contributed by atoms with E-state index >= 15 is 0 Å². The summed E-state index contributed by atoms with van der Waals surface area (Å²) in [7, 11) is 0. The van der Waals surface area contributed by atoms with E-state index in [1.54, 1.807) is 12.3 Å². The highest BCUT2D eigenvalue weighted by molar-refractivity contribution is 5.96. The average molecular weight is 537 g/mol. The van der Waals surface area contributed by atoms with Gasteiger partial charge in [0.05, 0.1) is 11.3 Å². The van der Waals surface area contributed by atoms with E-state index < -0.39 is 0 Å². The lowest BCUT2D eigenvalue weighted by atomic mass is 9.86. The van der Waals surface area contributed by atoms with Gasteiger partial charge in [-0.05, 0) is 71.0 Å². The molecule has 1 aromatic heterocycles. The smallest absolute Gasteiger partial charge is 0.229 e. The van der Waals surface area contributed by atoms with Gasteiger partial charge in [0.2, 0.25) is 5.89 Å². The number of aliphatic imine (C=N–C) groups is 1. The first-order valence-corrected chi connectivity index (χ1v) is 13.8. The monoisotopic (exact) mass is 536 g/mol. The number of phenolic OH excluding ortho intramolecular Hbond substituents is 1. The van der Waals surface area contributed by atoms with Gasteiger partial charge in [0.15, 0.2) is 5.58 Å². The second kappa shape index (κ2) is 10.5. The van der Waals surface area contributed by atoms with Crippen LogP contribution in [0.2, 0.25) is 0 Å². The van der Waals surface area contributed by atoms with Crippen LogP contribution in [0.5, 0.6) is 5.75 Å². The van der Waals surface area contributed by atoms with Crippen molar-refractivity contribution in [1.82, 2.24) is 4.98 Å². The first-order valence-electron chi connectivity index (χ1n) is 13.8. The quantitative estimate of drug-likeness (QED) is 0.223. The highest BCUT2D eigenvalue weighted by Crippen LogP contribution is 2.38. The zero-order valence-corrected chi connectivity index (χ0v) is 23.7. The van der Waals surface area contributed by atoms with E-state index in [1.807, 2.05) is 54.6 Å². The van der Waals surface area contributed by atoms with E-state index in [-0.39, 0.29) is 11.2 Å². The minimum Gasteiger partial charge on any atom is -0.507 e. The van der Waals surface area contributed by atoms with Gasteiger partial charge in [0, 0.05) is 17.3 Å². The zero-order chi connectivity index (χ0) is 28.6. The lowest BCUT2D eigenvalue weighted by Crippen LogP contribution is -2.11. The summed E-state index contributed by atoms with van der Waals surface area (Å²) in [6.45, 7) is 8.54. The Morgan fingerprint density at radius 2 is 1.46 bits per heavy atom. The SMILES string of the molecule is Cc1ccc(-c2cc(-c3ccccc3)c3nc(-c4ccccc4N=Cc4cc(C(C)(C)C)ccc4O)oc3c2)cc1. The van der Waals surface area contributed by atoms with Gasteiger partial charge in [0.25, 0.3) is 0 Å². The largest absolute Gasteiger partial charge is 0.507 e. The topological polar surface area (TPSA) is 58.6 Å². The lowest BCUT2D eigenvalue weighted by molar-refractivity contribution is 0.473. The first kappa shape index (κ1) is 26.3. The number of aryl methyl sites for hydroxylation is 1. The van der Waals surface area contributed by atoms with Crippen molar-refractivity contribution in [3.05, 3.63) is 126 Å². The molecule has 6 rings (SSSR count). The molecular formula is C37H32N2O2. The molecular weight excluding hydrogens is 504 g/mol. The molecule has 4 nitrogen and oxygen atoms in total. The van der Waals surface area contributed by atoms with Crippen LogP contribution >= 0.6 is 0 Å². The molecule has 0 aliphatic heterocycles. The van der Waals surface area contributed by atoms with Crippen LogP contribution < -0.4 is 0 Å². The van der Waals surface area contributed by atoms with Gasteiger partial charge in [-0.1, -0.05) is 99.1 Å². The van der Waals surface area contributed by atoms with Gasteiger partial charge in [-0.2, -0.15) is 0 Å². The summed E-state index contributed by atoms with van der Waals surface area (Å²) in [5, 5.41) is 10.5. The number of benzene rings is 5. The van der Waals surface area contributed by atoms with Crippen molar-refractivity contribution < 1.29 is 9.52 Å². The Balaban J connectivity index is 1.46. The fourth-order valence-corrected chi connectivity index (χ4v) is 4.93. The second-order valence-corrected chi connectivity index (χ2v) is 11.4. The summed E-state index contributed by atoms with van der Waals surface area (Å²) in [4.78, 5) is 9.77. The van der Waals surface area contributed by atoms with Crippen LogP contribution in [0.1, 0.15) is 37.5 Å². The van der Waals surface area contributed by atoms with E-state index in [4.69, 9.17) is 14.4 Å². The number of rotatable bonds is 5. The van der Waals surface area contributed by atoms with Crippen LogP contribution in [-0.2, 0) is 5.41 Å². The molecule has 0 aliphatic rings. The fraction of sp³-hybridized carbons (Fsp3) is 0.135. The third-order valence-electron chi connectivity index (χ3n) is 7.34. The third-order valence-corrected chi connectivity index (χ3v) is 7.34. The molecule has 0 unspecified atom stereocenters. The molecule has 0 aliphatic carbocycles. The molecule has 0 spiro atoms. The van der Waals surface area contributed by atoms with Gasteiger partial charge in [-0.15, -0.1) is 0 Å². The summed E-state index contributed by atoms with van der Waals surface area (Å²) in [5.41, 5.74) is 10.3. The zero-order valence-electron chi connectivity index (χ0n) is 23.7. The van der Waals surface area contributed by atoms with Crippen molar-refractivity contribution in [2.24, 2.45) is 4.99 Å². The molecule has 5 aromatic carbocycles. The van der Waals surface area contributed by atoms with E-state index in [2.05, 4.69) is 76.2 Å². The highest BCUT2D eigenvalue weighted by atomic mass is 16.3. The van der Waals surface area contributed by atoms with Crippen LogP contribution in [-0.4, -0.2) is 16.3 Å². The maximum absolute atomic E-state index is 10.5. The molecule has 0 bridgehead atoms. The van der Waals surface area contributed by atoms with Gasteiger partial charge in [-0.3, -0.25) is 4.99 Å². The summed E-state index contributed by atoms with van der Waals surface area (Å²) in [5.74, 6) is 0.691. The van der Waals surface area contributed by atoms with Gasteiger partial charge >= 0.3 is 0 Å². The Kier molecular flexibility index (Phi) is 6.76.